The zero-order chi connectivity index (χ0) is 21.3. The number of nitrogens with zero attached hydrogens (tertiary/aromatic N) is 4. The van der Waals surface area contributed by atoms with Crippen LogP contribution in [0.15, 0.2) is 39.0 Å². The van der Waals surface area contributed by atoms with Crippen LogP contribution in [0.5, 0.6) is 5.75 Å². The number of aliphatic carboxylic acids is 1. The van der Waals surface area contributed by atoms with Crippen LogP contribution in [0.3, 0.4) is 0 Å². The van der Waals surface area contributed by atoms with E-state index in [0.717, 1.165) is 27.6 Å². The van der Waals surface area contributed by atoms with Gasteiger partial charge in [-0.2, -0.15) is 0 Å². The van der Waals surface area contributed by atoms with Crippen molar-refractivity contribution in [2.24, 2.45) is 14.1 Å². The number of thioether (sulfide) groups is 1. The number of ether oxygens (including phenoxy) is 1. The third kappa shape index (κ3) is 3.93. The number of imidazole rings is 1. The maximum Gasteiger partial charge on any atom is 0.332 e. The molecule has 3 rings (SSSR count). The summed E-state index contributed by atoms with van der Waals surface area (Å²) in [5.74, 6) is -0.234. The summed E-state index contributed by atoms with van der Waals surface area (Å²) in [6.45, 7) is 1.96. The number of carboxylic acid groups (broad SMARTS) is 1. The van der Waals surface area contributed by atoms with Gasteiger partial charge >= 0.3 is 11.7 Å². The number of aryl methyl sites for hydroxylation is 3. The highest BCUT2D eigenvalue weighted by Crippen LogP contribution is 2.26. The zero-order valence-electron chi connectivity index (χ0n) is 16.6. The van der Waals surface area contributed by atoms with Crippen LogP contribution in [-0.2, 0) is 31.9 Å². The minimum atomic E-state index is -0.981. The third-order valence-electron chi connectivity index (χ3n) is 4.73. The Morgan fingerprint density at radius 3 is 2.45 bits per heavy atom. The number of fused-ring (bicyclic) bond motifs is 1. The molecule has 0 saturated heterocycles. The third-order valence-corrected chi connectivity index (χ3v) is 5.80. The van der Waals surface area contributed by atoms with Gasteiger partial charge in [-0.1, -0.05) is 23.9 Å². The van der Waals surface area contributed by atoms with Gasteiger partial charge in [-0.3, -0.25) is 18.7 Å². The summed E-state index contributed by atoms with van der Waals surface area (Å²) in [5.41, 5.74) is 0.609. The molecule has 1 N–H and O–H groups in total. The Bertz CT molecular complexity index is 1180. The molecule has 9 nitrogen and oxygen atoms in total. The SMILES string of the molecule is COc1ccc(CCn2c(S[C@H](C)C(=O)O)nc3c2c(=O)n(C)c(=O)n3C)cc1. The first-order valence-electron chi connectivity index (χ1n) is 8.93. The van der Waals surface area contributed by atoms with Crippen LogP contribution in [0.25, 0.3) is 11.2 Å². The molecule has 0 aliphatic carbocycles. The predicted molar refractivity (Wildman–Crippen MR) is 110 cm³/mol. The average molecular weight is 418 g/mol. The van der Waals surface area contributed by atoms with Gasteiger partial charge in [0.15, 0.2) is 16.3 Å². The van der Waals surface area contributed by atoms with E-state index >= 15 is 0 Å². The maximum atomic E-state index is 12.8. The standard InChI is InChI=1S/C19H22N4O5S/c1-11(17(25)26)29-18-20-15-14(16(24)22(3)19(27)21(15)2)23(18)10-9-12-5-7-13(28-4)8-6-12/h5-8,11H,9-10H2,1-4H3,(H,25,26)/t11-/m1/s1. The van der Waals surface area contributed by atoms with Crippen LogP contribution in [-0.4, -0.2) is 42.1 Å². The highest BCUT2D eigenvalue weighted by molar-refractivity contribution is 8.00. The van der Waals surface area contributed by atoms with E-state index in [1.54, 1.807) is 25.6 Å². The first-order valence-corrected chi connectivity index (χ1v) is 9.81. The number of carbonyl (C=O) groups is 1. The van der Waals surface area contributed by atoms with Crippen molar-refractivity contribution in [2.75, 3.05) is 7.11 Å². The van der Waals surface area contributed by atoms with Crippen molar-refractivity contribution in [1.29, 1.82) is 0 Å². The molecule has 0 unspecified atom stereocenters. The number of hydrogen-bond donors (Lipinski definition) is 1. The fraction of sp³-hybridized carbons (Fsp3) is 0.368. The van der Waals surface area contributed by atoms with Gasteiger partial charge in [-0.25, -0.2) is 9.78 Å². The van der Waals surface area contributed by atoms with Crippen LogP contribution in [0.1, 0.15) is 12.5 Å². The first kappa shape index (κ1) is 20.7. The van der Waals surface area contributed by atoms with Crippen LogP contribution in [0.4, 0.5) is 0 Å². The lowest BCUT2D eigenvalue weighted by molar-refractivity contribution is -0.136. The molecule has 0 bridgehead atoms. The van der Waals surface area contributed by atoms with Gasteiger partial charge in [-0.05, 0) is 31.0 Å². The van der Waals surface area contributed by atoms with Gasteiger partial charge in [0.1, 0.15) is 11.0 Å². The highest BCUT2D eigenvalue weighted by Gasteiger charge is 2.23. The van der Waals surface area contributed by atoms with E-state index < -0.39 is 22.5 Å². The van der Waals surface area contributed by atoms with Gasteiger partial charge in [0.05, 0.1) is 7.11 Å². The molecule has 2 aromatic heterocycles. The molecular weight excluding hydrogens is 396 g/mol. The summed E-state index contributed by atoms with van der Waals surface area (Å²) in [4.78, 5) is 40.8. The molecule has 2 heterocycles. The van der Waals surface area contributed by atoms with E-state index in [0.29, 0.717) is 18.1 Å². The molecule has 154 valence electrons. The molecule has 0 amide bonds. The second-order valence-corrected chi connectivity index (χ2v) is 7.93. The summed E-state index contributed by atoms with van der Waals surface area (Å²) in [6.07, 6.45) is 0.594. The van der Waals surface area contributed by atoms with Gasteiger partial charge in [0, 0.05) is 20.6 Å². The van der Waals surface area contributed by atoms with Gasteiger partial charge in [-0.15, -0.1) is 0 Å². The van der Waals surface area contributed by atoms with Crippen LogP contribution >= 0.6 is 11.8 Å². The number of benzene rings is 1. The Morgan fingerprint density at radius 1 is 1.21 bits per heavy atom. The number of methoxy groups -OCH3 is 1. The van der Waals surface area contributed by atoms with Crippen molar-refractivity contribution in [2.45, 2.75) is 30.3 Å². The lowest BCUT2D eigenvalue weighted by Crippen LogP contribution is -2.37. The molecule has 0 saturated carbocycles. The topological polar surface area (TPSA) is 108 Å². The Hall–Kier alpha value is -3.01. The van der Waals surface area contributed by atoms with E-state index in [1.807, 2.05) is 24.3 Å². The first-order chi connectivity index (χ1) is 13.7. The quantitative estimate of drug-likeness (QED) is 0.575. The van der Waals surface area contributed by atoms with Crippen molar-refractivity contribution >= 4 is 28.9 Å². The van der Waals surface area contributed by atoms with Crippen molar-refractivity contribution in [3.63, 3.8) is 0 Å². The Kier molecular flexibility index (Phi) is 5.83. The molecule has 1 aromatic carbocycles. The van der Waals surface area contributed by atoms with Crippen LogP contribution < -0.4 is 16.0 Å². The molecule has 0 radical (unpaired) electrons. The fourth-order valence-electron chi connectivity index (χ4n) is 2.97. The van der Waals surface area contributed by atoms with Crippen LogP contribution in [0, 0.1) is 0 Å². The number of aromatic nitrogens is 4. The highest BCUT2D eigenvalue weighted by atomic mass is 32.2. The van der Waals surface area contributed by atoms with E-state index in [2.05, 4.69) is 4.98 Å². The van der Waals surface area contributed by atoms with E-state index in [-0.39, 0.29) is 11.2 Å². The molecule has 0 spiro atoms. The molecule has 0 aliphatic rings. The second kappa shape index (κ2) is 8.16. The van der Waals surface area contributed by atoms with Crippen molar-refractivity contribution in [3.8, 4) is 5.75 Å². The summed E-state index contributed by atoms with van der Waals surface area (Å²) in [5, 5.41) is 8.91. The Labute approximate surface area is 170 Å². The molecule has 1 atom stereocenters. The molecular formula is C19H22N4O5S. The summed E-state index contributed by atoms with van der Waals surface area (Å²) in [6, 6.07) is 7.56. The maximum absolute atomic E-state index is 12.8. The van der Waals surface area contributed by atoms with E-state index in [9.17, 15) is 19.5 Å². The Morgan fingerprint density at radius 2 is 1.86 bits per heavy atom. The lowest BCUT2D eigenvalue weighted by atomic mass is 10.1. The minimum absolute atomic E-state index is 0.243. The summed E-state index contributed by atoms with van der Waals surface area (Å²) in [7, 11) is 4.55. The van der Waals surface area contributed by atoms with Crippen molar-refractivity contribution in [3.05, 3.63) is 50.7 Å². The van der Waals surface area contributed by atoms with Gasteiger partial charge in [0.2, 0.25) is 0 Å². The largest absolute Gasteiger partial charge is 0.497 e. The second-order valence-electron chi connectivity index (χ2n) is 6.62. The lowest BCUT2D eigenvalue weighted by Gasteiger charge is -2.11. The van der Waals surface area contributed by atoms with Crippen LogP contribution in [0.2, 0.25) is 0 Å². The number of rotatable bonds is 7. The fourth-order valence-corrected chi connectivity index (χ4v) is 3.83. The molecule has 10 heteroatoms. The van der Waals surface area contributed by atoms with Crippen molar-refractivity contribution < 1.29 is 14.6 Å². The Balaban J connectivity index is 2.09. The summed E-state index contributed by atoms with van der Waals surface area (Å²) >= 11 is 1.04. The van der Waals surface area contributed by atoms with Crippen molar-refractivity contribution in [1.82, 2.24) is 18.7 Å². The van der Waals surface area contributed by atoms with E-state index in [1.165, 1.54) is 11.6 Å². The smallest absolute Gasteiger partial charge is 0.332 e. The molecule has 0 fully saturated rings. The normalized spacial score (nSPS) is 12.3. The molecule has 29 heavy (non-hydrogen) atoms. The number of carboxylic acids is 1. The van der Waals surface area contributed by atoms with E-state index in [4.69, 9.17) is 4.74 Å². The molecule has 3 aromatic rings. The zero-order valence-corrected chi connectivity index (χ0v) is 17.4. The average Bonchev–Trinajstić information content (AvgIpc) is 3.07. The van der Waals surface area contributed by atoms with Gasteiger partial charge in [0.25, 0.3) is 5.56 Å². The molecule has 0 aliphatic heterocycles. The number of hydrogen-bond acceptors (Lipinski definition) is 6. The monoisotopic (exact) mass is 418 g/mol. The minimum Gasteiger partial charge on any atom is -0.497 e. The van der Waals surface area contributed by atoms with Gasteiger partial charge < -0.3 is 14.4 Å². The predicted octanol–water partition coefficient (Wildman–Crippen LogP) is 1.25. The summed E-state index contributed by atoms with van der Waals surface area (Å²) < 4.78 is 9.20.